The molecule has 2 atom stereocenters. The minimum absolute atomic E-state index is 0.0230. The molecule has 1 aromatic rings. The summed E-state index contributed by atoms with van der Waals surface area (Å²) in [5, 5.41) is 2.47. The van der Waals surface area contributed by atoms with E-state index in [4.69, 9.17) is 9.47 Å². The van der Waals surface area contributed by atoms with Crippen molar-refractivity contribution in [2.24, 2.45) is 0 Å². The summed E-state index contributed by atoms with van der Waals surface area (Å²) in [4.78, 5) is 27.0. The average Bonchev–Trinajstić information content (AvgIpc) is 3.25. The van der Waals surface area contributed by atoms with Gasteiger partial charge in [-0.05, 0) is 0 Å². The van der Waals surface area contributed by atoms with Crippen LogP contribution in [0.2, 0.25) is 4.71 Å². The minimum atomic E-state index is -4.52. The van der Waals surface area contributed by atoms with E-state index in [-0.39, 0.29) is 27.1 Å². The predicted octanol–water partition coefficient (Wildman–Crippen LogP) is 2.60. The fraction of sp³-hybridized carbons (Fsp3) is 0.545. The van der Waals surface area contributed by atoms with Crippen LogP contribution in [0.4, 0.5) is 13.2 Å². The number of amides is 1. The topological polar surface area (TPSA) is 67.9 Å². The second-order valence-electron chi connectivity index (χ2n) is 7.92. The first-order valence-corrected chi connectivity index (χ1v) is 12.8. The second-order valence-corrected chi connectivity index (χ2v) is 11.4. The van der Waals surface area contributed by atoms with Gasteiger partial charge in [0.25, 0.3) is 0 Å². The van der Waals surface area contributed by atoms with E-state index in [0.29, 0.717) is 19.8 Å². The van der Waals surface area contributed by atoms with Gasteiger partial charge in [0, 0.05) is 0 Å². The molecule has 6 nitrogen and oxygen atoms in total. The Balaban J connectivity index is 1.49. The summed E-state index contributed by atoms with van der Waals surface area (Å²) in [5.74, 6) is -0.678. The Morgan fingerprint density at radius 2 is 2.09 bits per heavy atom. The Bertz CT molecular complexity index is 828. The van der Waals surface area contributed by atoms with E-state index in [2.05, 4.69) is 16.8 Å². The third-order valence-corrected chi connectivity index (χ3v) is 8.63. The number of benzene rings is 1. The number of carbonyl (C=O) groups excluding carboxylic acids is 2. The maximum absolute atomic E-state index is 12.8. The molecule has 2 heterocycles. The molecule has 0 radical (unpaired) electrons. The molecule has 2 aliphatic heterocycles. The van der Waals surface area contributed by atoms with Crippen molar-refractivity contribution >= 4 is 26.2 Å². The van der Waals surface area contributed by atoms with Crippen LogP contribution in [0, 0.1) is 0 Å². The van der Waals surface area contributed by atoms with Crippen molar-refractivity contribution in [3.8, 4) is 0 Å². The van der Waals surface area contributed by atoms with Crippen LogP contribution in [-0.4, -0.2) is 76.3 Å². The van der Waals surface area contributed by atoms with Crippen molar-refractivity contribution in [1.29, 1.82) is 0 Å². The zero-order chi connectivity index (χ0) is 23.2. The van der Waals surface area contributed by atoms with Crippen LogP contribution >= 0.6 is 0 Å². The molecular weight excluding hydrogens is 488 g/mol. The van der Waals surface area contributed by atoms with Crippen LogP contribution in [0.25, 0.3) is 0 Å². The summed E-state index contributed by atoms with van der Waals surface area (Å²) in [7, 11) is 0. The zero-order valence-electron chi connectivity index (χ0n) is 17.7. The van der Waals surface area contributed by atoms with Crippen LogP contribution in [0.3, 0.4) is 0 Å². The molecule has 1 amide bonds. The monoisotopic (exact) mass is 516 g/mol. The molecule has 176 valence electrons. The summed E-state index contributed by atoms with van der Waals surface area (Å²) in [6.45, 7) is 6.91. The second kappa shape index (κ2) is 11.0. The quantitative estimate of drug-likeness (QED) is 0.404. The molecule has 0 spiro atoms. The molecule has 2 fully saturated rings. The summed E-state index contributed by atoms with van der Waals surface area (Å²) in [5.41, 5.74) is -1.38. The number of nitrogens with zero attached hydrogens (tertiary/aromatic N) is 1. The van der Waals surface area contributed by atoms with Gasteiger partial charge in [-0.2, -0.15) is 0 Å². The van der Waals surface area contributed by atoms with E-state index in [0.717, 1.165) is 44.5 Å². The van der Waals surface area contributed by atoms with E-state index in [1.807, 2.05) is 0 Å². The number of hydrogen-bond donors (Lipinski definition) is 1. The van der Waals surface area contributed by atoms with E-state index in [9.17, 15) is 22.8 Å². The Morgan fingerprint density at radius 1 is 1.34 bits per heavy atom. The molecule has 0 bridgehead atoms. The van der Waals surface area contributed by atoms with E-state index in [1.54, 1.807) is 6.08 Å². The first-order chi connectivity index (χ1) is 15.2. The molecular formula is C22H28AsF3N2O4. The number of carbonyl (C=O) groups is 2. The fourth-order valence-corrected chi connectivity index (χ4v) is 6.67. The van der Waals surface area contributed by atoms with Gasteiger partial charge in [0.1, 0.15) is 0 Å². The van der Waals surface area contributed by atoms with Crippen molar-refractivity contribution < 1.29 is 32.2 Å². The Kier molecular flexibility index (Phi) is 8.55. The number of alkyl halides is 3. The third-order valence-electron chi connectivity index (χ3n) is 5.74. The molecule has 2 unspecified atom stereocenters. The molecule has 2 saturated heterocycles. The van der Waals surface area contributed by atoms with E-state index >= 15 is 0 Å². The van der Waals surface area contributed by atoms with Gasteiger partial charge in [-0.3, -0.25) is 0 Å². The predicted molar refractivity (Wildman–Crippen MR) is 115 cm³/mol. The normalized spacial score (nSPS) is 21.7. The fourth-order valence-electron chi connectivity index (χ4n) is 4.08. The standard InChI is InChI=1S/C22H28AsF3N2O4/c1-2-10-32-21(7-11-31-12-8-21)28-9-6-18(15-28)23-19(29)14-27-20(30)16-4-3-5-17(13-16)22(24,25)26/h2-5,13,18,23H,1,6-12,14-15H2,(H,27,30). The van der Waals surface area contributed by atoms with Gasteiger partial charge in [0.15, 0.2) is 0 Å². The molecule has 3 rings (SSSR count). The number of ether oxygens (including phenoxy) is 2. The van der Waals surface area contributed by atoms with Gasteiger partial charge in [0.05, 0.1) is 0 Å². The number of rotatable bonds is 9. The van der Waals surface area contributed by atoms with Gasteiger partial charge in [-0.1, -0.05) is 0 Å². The third kappa shape index (κ3) is 6.44. The molecule has 2 aliphatic rings. The molecule has 10 heteroatoms. The molecule has 0 saturated carbocycles. The summed E-state index contributed by atoms with van der Waals surface area (Å²) < 4.78 is 50.4. The van der Waals surface area contributed by atoms with Crippen molar-refractivity contribution in [3.05, 3.63) is 48.0 Å². The molecule has 1 N–H and O–H groups in total. The van der Waals surface area contributed by atoms with Crippen LogP contribution in [-0.2, 0) is 20.4 Å². The van der Waals surface area contributed by atoms with Gasteiger partial charge < -0.3 is 0 Å². The van der Waals surface area contributed by atoms with Gasteiger partial charge in [0.2, 0.25) is 0 Å². The number of likely N-dealkylation sites (tertiary alicyclic amines) is 1. The van der Waals surface area contributed by atoms with Crippen LogP contribution in [0.15, 0.2) is 36.9 Å². The molecule has 0 aliphatic carbocycles. The molecule has 32 heavy (non-hydrogen) atoms. The van der Waals surface area contributed by atoms with E-state index < -0.39 is 33.4 Å². The van der Waals surface area contributed by atoms with Crippen molar-refractivity contribution in [3.63, 3.8) is 0 Å². The average molecular weight is 516 g/mol. The van der Waals surface area contributed by atoms with E-state index in [1.165, 1.54) is 12.1 Å². The number of nitrogens with one attached hydrogen (secondary N) is 1. The summed E-state index contributed by atoms with van der Waals surface area (Å²) in [6.07, 6.45) is -0.352. The van der Waals surface area contributed by atoms with Crippen molar-refractivity contribution in [2.75, 3.05) is 39.5 Å². The first-order valence-electron chi connectivity index (χ1n) is 10.6. The number of hydrogen-bond acceptors (Lipinski definition) is 5. The van der Waals surface area contributed by atoms with Gasteiger partial charge in [-0.15, -0.1) is 0 Å². The number of halogens is 3. The van der Waals surface area contributed by atoms with Crippen LogP contribution in [0.1, 0.15) is 35.2 Å². The van der Waals surface area contributed by atoms with Crippen molar-refractivity contribution in [1.82, 2.24) is 10.2 Å². The molecule has 1 aromatic carbocycles. The first kappa shape index (κ1) is 25.0. The summed E-state index contributed by atoms with van der Waals surface area (Å²) in [6, 6.07) is 4.18. The maximum atomic E-state index is 12.8. The van der Waals surface area contributed by atoms with Crippen LogP contribution < -0.4 is 5.32 Å². The summed E-state index contributed by atoms with van der Waals surface area (Å²) >= 11 is -0.992. The zero-order valence-corrected chi connectivity index (χ0v) is 19.8. The van der Waals surface area contributed by atoms with Gasteiger partial charge in [-0.25, -0.2) is 0 Å². The Labute approximate surface area is 192 Å². The Morgan fingerprint density at radius 3 is 2.78 bits per heavy atom. The SMILES string of the molecule is C=CCOC1(N2CCC([AsH]C(=O)CNC(=O)c3cccc(C(F)(F)F)c3)C2)CCOCC1. The van der Waals surface area contributed by atoms with Gasteiger partial charge >= 0.3 is 192 Å². The van der Waals surface area contributed by atoms with Crippen molar-refractivity contribution in [2.45, 2.75) is 35.9 Å². The molecule has 0 aromatic heterocycles. The Hall–Kier alpha value is -1.67. The van der Waals surface area contributed by atoms with Crippen LogP contribution in [0.5, 0.6) is 0 Å².